The molecule has 1 aliphatic carbocycles. The summed E-state index contributed by atoms with van der Waals surface area (Å²) < 4.78 is 0.328. The molecule has 20 heavy (non-hydrogen) atoms. The highest BCUT2D eigenvalue weighted by atomic mass is 127. The van der Waals surface area contributed by atoms with Gasteiger partial charge in [-0.2, -0.15) is 0 Å². The number of nitrogens with zero attached hydrogens (tertiary/aromatic N) is 2. The van der Waals surface area contributed by atoms with E-state index in [0.717, 1.165) is 11.3 Å². The molecule has 4 rings (SSSR count). The van der Waals surface area contributed by atoms with E-state index in [1.807, 2.05) is 6.20 Å². The third-order valence-corrected chi connectivity index (χ3v) is 5.07. The van der Waals surface area contributed by atoms with Gasteiger partial charge in [-0.25, -0.2) is 9.97 Å². The fourth-order valence-electron chi connectivity index (χ4n) is 2.81. The summed E-state index contributed by atoms with van der Waals surface area (Å²) in [6.45, 7) is 0. The summed E-state index contributed by atoms with van der Waals surface area (Å²) >= 11 is 2.51. The lowest BCUT2D eigenvalue weighted by Gasteiger charge is -2.13. The van der Waals surface area contributed by atoms with Crippen molar-refractivity contribution >= 4 is 22.6 Å². The highest BCUT2D eigenvalue weighted by Crippen LogP contribution is 2.46. The highest BCUT2D eigenvalue weighted by Gasteiger charge is 2.25. The molecular weight excluding hydrogens is 359 g/mol. The van der Waals surface area contributed by atoms with Crippen LogP contribution in [0.3, 0.4) is 0 Å². The van der Waals surface area contributed by atoms with Gasteiger partial charge in [0.25, 0.3) is 0 Å². The molecule has 1 aromatic heterocycles. The van der Waals surface area contributed by atoms with E-state index in [-0.39, 0.29) is 0 Å². The van der Waals surface area contributed by atoms with Crippen molar-refractivity contribution in [3.8, 4) is 22.4 Å². The van der Waals surface area contributed by atoms with E-state index in [4.69, 9.17) is 0 Å². The maximum atomic E-state index is 4.54. The van der Waals surface area contributed by atoms with Gasteiger partial charge in [0, 0.05) is 17.3 Å². The Morgan fingerprint density at radius 2 is 1.45 bits per heavy atom. The minimum Gasteiger partial charge on any atom is -0.244 e. The molecule has 1 unspecified atom stereocenters. The molecular formula is C17H11IN2. The van der Waals surface area contributed by atoms with Gasteiger partial charge in [0.05, 0.1) is 9.62 Å². The maximum Gasteiger partial charge on any atom is 0.116 e. The van der Waals surface area contributed by atoms with E-state index in [1.54, 1.807) is 6.33 Å². The predicted molar refractivity (Wildman–Crippen MR) is 88.8 cm³/mol. The number of alkyl halides is 1. The topological polar surface area (TPSA) is 25.8 Å². The molecule has 3 aromatic rings. The largest absolute Gasteiger partial charge is 0.244 e. The average Bonchev–Trinajstić information content (AvgIpc) is 2.64. The lowest BCUT2D eigenvalue weighted by molar-refractivity contribution is 1.17. The van der Waals surface area contributed by atoms with Crippen molar-refractivity contribution in [2.75, 3.05) is 0 Å². The molecule has 0 saturated carbocycles. The molecule has 1 heterocycles. The minimum atomic E-state index is 0.328. The Bertz CT molecular complexity index is 732. The first-order chi connectivity index (χ1) is 9.86. The minimum absolute atomic E-state index is 0.328. The van der Waals surface area contributed by atoms with Crippen LogP contribution in [0.2, 0.25) is 0 Å². The van der Waals surface area contributed by atoms with Crippen molar-refractivity contribution in [3.05, 3.63) is 72.2 Å². The lowest BCUT2D eigenvalue weighted by atomic mass is 9.99. The number of fused-ring (bicyclic) bond motifs is 5. The molecule has 0 aliphatic heterocycles. The fraction of sp³-hybridized carbons (Fsp3) is 0.0588. The van der Waals surface area contributed by atoms with E-state index in [9.17, 15) is 0 Å². The number of halogens is 1. The van der Waals surface area contributed by atoms with Crippen LogP contribution in [0.25, 0.3) is 22.4 Å². The zero-order chi connectivity index (χ0) is 13.5. The molecule has 0 fully saturated rings. The van der Waals surface area contributed by atoms with Crippen LogP contribution >= 0.6 is 22.6 Å². The Kier molecular flexibility index (Phi) is 2.80. The molecule has 1 atom stereocenters. The van der Waals surface area contributed by atoms with Crippen LogP contribution in [-0.2, 0) is 0 Å². The van der Waals surface area contributed by atoms with Crippen LogP contribution in [0.4, 0.5) is 0 Å². The second kappa shape index (κ2) is 4.66. The van der Waals surface area contributed by atoms with E-state index in [1.165, 1.54) is 22.3 Å². The van der Waals surface area contributed by atoms with Gasteiger partial charge in [-0.15, -0.1) is 0 Å². The average molecular weight is 370 g/mol. The number of rotatable bonds is 0. The molecule has 0 N–H and O–H groups in total. The van der Waals surface area contributed by atoms with Gasteiger partial charge < -0.3 is 0 Å². The van der Waals surface area contributed by atoms with Crippen LogP contribution in [0.5, 0.6) is 0 Å². The van der Waals surface area contributed by atoms with Crippen molar-refractivity contribution in [2.45, 2.75) is 3.92 Å². The van der Waals surface area contributed by atoms with E-state index < -0.39 is 0 Å². The number of benzene rings is 2. The summed E-state index contributed by atoms with van der Waals surface area (Å²) in [5.74, 6) is 0. The van der Waals surface area contributed by atoms with Crippen LogP contribution < -0.4 is 0 Å². The summed E-state index contributed by atoms with van der Waals surface area (Å²) in [5, 5.41) is 0. The Labute approximate surface area is 131 Å². The summed E-state index contributed by atoms with van der Waals surface area (Å²) in [6.07, 6.45) is 3.55. The molecule has 0 radical (unpaired) electrons. The van der Waals surface area contributed by atoms with Gasteiger partial charge in [0.1, 0.15) is 6.33 Å². The zero-order valence-electron chi connectivity index (χ0n) is 10.6. The molecule has 0 amide bonds. The lowest BCUT2D eigenvalue weighted by Crippen LogP contribution is -1.94. The first-order valence-corrected chi connectivity index (χ1v) is 7.73. The zero-order valence-corrected chi connectivity index (χ0v) is 12.8. The number of aromatic nitrogens is 2. The Hall–Kier alpha value is -1.75. The molecule has 2 aromatic carbocycles. The van der Waals surface area contributed by atoms with Gasteiger partial charge in [0.15, 0.2) is 0 Å². The monoisotopic (exact) mass is 370 g/mol. The van der Waals surface area contributed by atoms with Crippen molar-refractivity contribution in [1.29, 1.82) is 0 Å². The highest BCUT2D eigenvalue weighted by molar-refractivity contribution is 14.1. The van der Waals surface area contributed by atoms with Gasteiger partial charge in [0.2, 0.25) is 0 Å². The smallest absolute Gasteiger partial charge is 0.116 e. The third-order valence-electron chi connectivity index (χ3n) is 3.73. The van der Waals surface area contributed by atoms with Crippen LogP contribution in [0.15, 0.2) is 61.1 Å². The molecule has 0 spiro atoms. The van der Waals surface area contributed by atoms with Crippen LogP contribution in [0.1, 0.15) is 15.1 Å². The summed E-state index contributed by atoms with van der Waals surface area (Å²) in [6, 6.07) is 17.1. The van der Waals surface area contributed by atoms with E-state index in [2.05, 4.69) is 81.1 Å². The van der Waals surface area contributed by atoms with Crippen molar-refractivity contribution in [2.24, 2.45) is 0 Å². The van der Waals surface area contributed by atoms with Crippen LogP contribution in [-0.4, -0.2) is 9.97 Å². The van der Waals surface area contributed by atoms with E-state index >= 15 is 0 Å². The molecule has 0 saturated heterocycles. The Balaban J connectivity index is 2.17. The molecule has 1 aliphatic rings. The maximum absolute atomic E-state index is 4.54. The molecule has 0 bridgehead atoms. The predicted octanol–water partition coefficient (Wildman–Crippen LogP) is 4.65. The molecule has 2 nitrogen and oxygen atoms in total. The standard InChI is InChI=1S/C17H11IN2/c18-16-12-6-2-1-5-11(12)15-9-19-10-20-17(15)14-8-4-3-7-13(14)16/h1-10,16H. The van der Waals surface area contributed by atoms with Gasteiger partial charge in [-0.05, 0) is 16.7 Å². The summed E-state index contributed by atoms with van der Waals surface area (Å²) in [4.78, 5) is 8.76. The summed E-state index contributed by atoms with van der Waals surface area (Å²) in [7, 11) is 0. The van der Waals surface area contributed by atoms with Crippen molar-refractivity contribution in [1.82, 2.24) is 9.97 Å². The van der Waals surface area contributed by atoms with Gasteiger partial charge in [-0.1, -0.05) is 71.1 Å². The summed E-state index contributed by atoms with van der Waals surface area (Å²) in [5.41, 5.74) is 7.24. The Morgan fingerprint density at radius 3 is 2.25 bits per heavy atom. The quantitative estimate of drug-likeness (QED) is 0.425. The normalized spacial score (nSPS) is 15.8. The SMILES string of the molecule is IC1c2ccccc2-c2cncnc2-c2ccccc21. The van der Waals surface area contributed by atoms with Crippen molar-refractivity contribution < 1.29 is 0 Å². The fourth-order valence-corrected chi connectivity index (χ4v) is 3.89. The van der Waals surface area contributed by atoms with Crippen molar-refractivity contribution in [3.63, 3.8) is 0 Å². The first-order valence-electron chi connectivity index (χ1n) is 6.49. The first kappa shape index (κ1) is 12.0. The second-order valence-electron chi connectivity index (χ2n) is 4.82. The van der Waals surface area contributed by atoms with Gasteiger partial charge >= 0.3 is 0 Å². The third kappa shape index (κ3) is 1.69. The van der Waals surface area contributed by atoms with Crippen LogP contribution in [0, 0.1) is 0 Å². The second-order valence-corrected chi connectivity index (χ2v) is 6.07. The molecule has 96 valence electrons. The van der Waals surface area contributed by atoms with E-state index in [0.29, 0.717) is 3.92 Å². The van der Waals surface area contributed by atoms with Gasteiger partial charge in [-0.3, -0.25) is 0 Å². The Morgan fingerprint density at radius 1 is 0.800 bits per heavy atom. The molecule has 3 heteroatoms. The number of hydrogen-bond acceptors (Lipinski definition) is 2. The number of hydrogen-bond donors (Lipinski definition) is 0.